The molecule has 0 aliphatic rings. The van der Waals surface area contributed by atoms with Gasteiger partial charge < -0.3 is 13.7 Å². The summed E-state index contributed by atoms with van der Waals surface area (Å²) in [5, 5.41) is 4.15. The topological polar surface area (TPSA) is 14.8 Å². The Morgan fingerprint density at radius 2 is 0.745 bits per heavy atom. The van der Waals surface area contributed by atoms with Crippen LogP contribution in [0, 0.1) is 0 Å². The van der Waals surface area contributed by atoms with E-state index in [1.165, 1.54) is 0 Å². The molecule has 3 heteroatoms. The number of para-hydroxylation sites is 4. The van der Waals surface area contributed by atoms with Crippen LogP contribution in [0.2, 0.25) is 0 Å². The van der Waals surface area contributed by atoms with Gasteiger partial charge in [-0.1, -0.05) is 115 Å². The minimum Gasteiger partial charge on any atom is -0.309 e. The summed E-state index contributed by atoms with van der Waals surface area (Å²) < 4.78 is 75.8. The van der Waals surface area contributed by atoms with Crippen molar-refractivity contribution >= 4 is 65.4 Å². The maximum atomic E-state index is 9.00. The second-order valence-corrected chi connectivity index (χ2v) is 12.8. The van der Waals surface area contributed by atoms with Gasteiger partial charge in [0.05, 0.1) is 44.1 Å². The van der Waals surface area contributed by atoms with E-state index in [1.807, 2.05) is 42.5 Å². The molecule has 0 spiro atoms. The Balaban J connectivity index is 1.16. The van der Waals surface area contributed by atoms with Crippen LogP contribution in [0.3, 0.4) is 0 Å². The van der Waals surface area contributed by atoms with Crippen molar-refractivity contribution in [3.8, 4) is 28.2 Å². The fraction of sp³-hybridized carbons (Fsp3) is 0. The Kier molecular flexibility index (Phi) is 4.52. The van der Waals surface area contributed by atoms with Crippen LogP contribution in [0.5, 0.6) is 0 Å². The number of aromatic nitrogens is 3. The van der Waals surface area contributed by atoms with Crippen LogP contribution in [0.1, 0.15) is 11.0 Å². The van der Waals surface area contributed by atoms with Gasteiger partial charge in [-0.2, -0.15) is 0 Å². The van der Waals surface area contributed by atoms with Gasteiger partial charge in [0.25, 0.3) is 0 Å². The smallest absolute Gasteiger partial charge is 0.0645 e. The van der Waals surface area contributed by atoms with E-state index in [9.17, 15) is 0 Å². The molecule has 11 rings (SSSR count). The van der Waals surface area contributed by atoms with E-state index in [2.05, 4.69) is 106 Å². The molecule has 0 N–H and O–H groups in total. The molecule has 0 saturated carbocycles. The number of fused-ring (bicyclic) bond motifs is 9. The molecule has 11 aromatic rings. The lowest BCUT2D eigenvalue weighted by molar-refractivity contribution is 1.16. The second-order valence-electron chi connectivity index (χ2n) is 12.8. The van der Waals surface area contributed by atoms with Crippen molar-refractivity contribution in [2.45, 2.75) is 0 Å². The van der Waals surface area contributed by atoms with Crippen molar-refractivity contribution in [1.82, 2.24) is 13.7 Å². The molecule has 0 unspecified atom stereocenters. The molecule has 0 atom stereocenters. The molecule has 238 valence electrons. The minimum atomic E-state index is -0.465. The summed E-state index contributed by atoms with van der Waals surface area (Å²) in [5.41, 5.74) is 9.04. The third kappa shape index (κ3) is 4.12. The van der Waals surface area contributed by atoms with E-state index < -0.39 is 24.2 Å². The third-order valence-electron chi connectivity index (χ3n) is 10.1. The summed E-state index contributed by atoms with van der Waals surface area (Å²) in [6.07, 6.45) is 0. The molecule has 0 radical (unpaired) electrons. The molecule has 0 fully saturated rings. The fourth-order valence-electron chi connectivity index (χ4n) is 7.89. The molecule has 3 heterocycles. The van der Waals surface area contributed by atoms with Crippen LogP contribution < -0.4 is 0 Å². The Hall–Kier alpha value is -6.84. The molecule has 3 nitrogen and oxygen atoms in total. The van der Waals surface area contributed by atoms with Crippen LogP contribution in [-0.2, 0) is 0 Å². The normalized spacial score (nSPS) is 14.1. The van der Waals surface area contributed by atoms with E-state index in [0.29, 0.717) is 5.69 Å². The first-order chi connectivity index (χ1) is 28.6. The highest BCUT2D eigenvalue weighted by Crippen LogP contribution is 2.39. The van der Waals surface area contributed by atoms with Gasteiger partial charge in [-0.25, -0.2) is 0 Å². The van der Waals surface area contributed by atoms with E-state index in [4.69, 9.17) is 11.0 Å². The van der Waals surface area contributed by atoms with Gasteiger partial charge in [0, 0.05) is 49.4 Å². The number of hydrogen-bond acceptors (Lipinski definition) is 0. The summed E-state index contributed by atoms with van der Waals surface area (Å²) >= 11 is 0. The molecule has 0 aliphatic heterocycles. The molecular weight excluding hydrogens is 619 g/mol. The largest absolute Gasteiger partial charge is 0.309 e. The molecule has 8 aromatic carbocycles. The summed E-state index contributed by atoms with van der Waals surface area (Å²) in [5.74, 6) is 0. The van der Waals surface area contributed by atoms with Crippen molar-refractivity contribution < 1.29 is 11.0 Å². The van der Waals surface area contributed by atoms with Crippen LogP contribution in [0.4, 0.5) is 0 Å². The lowest BCUT2D eigenvalue weighted by atomic mass is 10.1. The van der Waals surface area contributed by atoms with Gasteiger partial charge in [-0.05, 0) is 83.9 Å². The van der Waals surface area contributed by atoms with Crippen LogP contribution >= 0.6 is 0 Å². The zero-order chi connectivity index (χ0) is 40.4. The Morgan fingerprint density at radius 1 is 0.294 bits per heavy atom. The van der Waals surface area contributed by atoms with Gasteiger partial charge in [0.15, 0.2) is 0 Å². The van der Waals surface area contributed by atoms with Crippen molar-refractivity contribution in [2.24, 2.45) is 0 Å². The highest BCUT2D eigenvalue weighted by molar-refractivity contribution is 6.14. The lowest BCUT2D eigenvalue weighted by Gasteiger charge is -2.12. The number of nitrogens with zero attached hydrogens (tertiary/aromatic N) is 3. The SMILES string of the molecule is [2H]c1c([2H])c([2H])c2c(c1[2H])c1c([2H])c([2H])c([2H])c([2H])c1n2-c1ccc2c(c1)c1ccccc1n2-c1ccc2c(c1)c1ccccc1n2-c1cccc(-c2ccccc2)c1. The van der Waals surface area contributed by atoms with Crippen LogP contribution in [0.15, 0.2) is 188 Å². The van der Waals surface area contributed by atoms with E-state index in [-0.39, 0.29) is 46.0 Å². The van der Waals surface area contributed by atoms with Crippen LogP contribution in [-0.4, -0.2) is 13.7 Å². The summed E-state index contributed by atoms with van der Waals surface area (Å²) in [4.78, 5) is 0. The molecule has 0 bridgehead atoms. The molecular formula is C48H31N3. The monoisotopic (exact) mass is 657 g/mol. The average molecular weight is 658 g/mol. The highest BCUT2D eigenvalue weighted by atomic mass is 15.0. The quantitative estimate of drug-likeness (QED) is 0.179. The van der Waals surface area contributed by atoms with Crippen molar-refractivity contribution in [3.05, 3.63) is 188 Å². The lowest BCUT2D eigenvalue weighted by Crippen LogP contribution is -1.97. The molecule has 0 amide bonds. The van der Waals surface area contributed by atoms with E-state index in [0.717, 1.165) is 66.1 Å². The average Bonchev–Trinajstić information content (AvgIpc) is 3.92. The van der Waals surface area contributed by atoms with Crippen molar-refractivity contribution in [2.75, 3.05) is 0 Å². The maximum absolute atomic E-state index is 9.00. The summed E-state index contributed by atoms with van der Waals surface area (Å²) in [6.45, 7) is 0. The number of rotatable bonds is 4. The Bertz CT molecular complexity index is 3520. The Morgan fingerprint density at radius 3 is 1.33 bits per heavy atom. The van der Waals surface area contributed by atoms with E-state index >= 15 is 0 Å². The van der Waals surface area contributed by atoms with Crippen molar-refractivity contribution in [3.63, 3.8) is 0 Å². The molecule has 51 heavy (non-hydrogen) atoms. The molecule has 3 aromatic heterocycles. The predicted octanol–water partition coefficient (Wildman–Crippen LogP) is 12.6. The summed E-state index contributed by atoms with van der Waals surface area (Å²) in [6, 6.07) is 44.7. The highest BCUT2D eigenvalue weighted by Gasteiger charge is 2.18. The number of hydrogen-bond donors (Lipinski definition) is 0. The molecule has 0 saturated heterocycles. The first kappa shape index (κ1) is 21.3. The predicted molar refractivity (Wildman–Crippen MR) is 215 cm³/mol. The summed E-state index contributed by atoms with van der Waals surface area (Å²) in [7, 11) is 0. The van der Waals surface area contributed by atoms with Gasteiger partial charge in [0.1, 0.15) is 0 Å². The second kappa shape index (κ2) is 10.8. The fourth-order valence-corrected chi connectivity index (χ4v) is 7.89. The molecule has 0 aliphatic carbocycles. The Labute approximate surface area is 305 Å². The van der Waals surface area contributed by atoms with Gasteiger partial charge in [0.2, 0.25) is 0 Å². The maximum Gasteiger partial charge on any atom is 0.0645 e. The zero-order valence-corrected chi connectivity index (χ0v) is 27.1. The number of benzene rings is 8. The third-order valence-corrected chi connectivity index (χ3v) is 10.1. The van der Waals surface area contributed by atoms with Gasteiger partial charge in [-0.15, -0.1) is 0 Å². The van der Waals surface area contributed by atoms with Crippen molar-refractivity contribution in [1.29, 1.82) is 0 Å². The standard InChI is InChI=1S/C48H31N3/c1-2-13-32(14-3-1)33-15-12-16-34(29-33)49-45-23-10-6-19-39(45)41-31-36(26-27-47(41)49)51-46-24-11-7-20-40(46)42-30-35(25-28-48(42)51)50-43-21-8-4-17-37(43)38-18-5-9-22-44(38)50/h1-31H/i4D,5D,8D,9D,17D,18D,21D,22D. The van der Waals surface area contributed by atoms with Crippen LogP contribution in [0.25, 0.3) is 93.6 Å². The van der Waals surface area contributed by atoms with Gasteiger partial charge >= 0.3 is 0 Å². The first-order valence-corrected chi connectivity index (χ1v) is 16.9. The first-order valence-electron chi connectivity index (χ1n) is 20.9. The minimum absolute atomic E-state index is 0.0554. The zero-order valence-electron chi connectivity index (χ0n) is 35.1. The van der Waals surface area contributed by atoms with Gasteiger partial charge in [-0.3, -0.25) is 0 Å². The van der Waals surface area contributed by atoms with E-state index in [1.54, 1.807) is 4.57 Å².